The third kappa shape index (κ3) is 3.12. The highest BCUT2D eigenvalue weighted by Gasteiger charge is 2.44. The van der Waals surface area contributed by atoms with Crippen molar-refractivity contribution in [3.63, 3.8) is 0 Å². The van der Waals surface area contributed by atoms with E-state index in [1.807, 2.05) is 0 Å². The quantitative estimate of drug-likeness (QED) is 0.843. The van der Waals surface area contributed by atoms with Gasteiger partial charge in [-0.15, -0.1) is 0 Å². The van der Waals surface area contributed by atoms with Gasteiger partial charge in [0.15, 0.2) is 0 Å². The Morgan fingerprint density at radius 3 is 2.37 bits per heavy atom. The van der Waals surface area contributed by atoms with Gasteiger partial charge >= 0.3 is 0 Å². The molecule has 4 heteroatoms. The van der Waals surface area contributed by atoms with E-state index in [4.69, 9.17) is 10.5 Å². The third-order valence-electron chi connectivity index (χ3n) is 3.95. The molecular weight excluding hydrogens is 304 g/mol. The van der Waals surface area contributed by atoms with Gasteiger partial charge in [-0.2, -0.15) is 0 Å². The first-order valence-electron chi connectivity index (χ1n) is 6.76. The van der Waals surface area contributed by atoms with Gasteiger partial charge in [0, 0.05) is 23.8 Å². The molecule has 0 amide bonds. The summed E-state index contributed by atoms with van der Waals surface area (Å²) in [6.07, 6.45) is 2.48. The highest BCUT2D eigenvalue weighted by Crippen LogP contribution is 2.41. The smallest absolute Gasteiger partial charge is 0.0756 e. The lowest BCUT2D eigenvalue weighted by Crippen LogP contribution is -2.51. The molecule has 0 saturated heterocycles. The summed E-state index contributed by atoms with van der Waals surface area (Å²) in [5.41, 5.74) is 9.52. The molecule has 1 aliphatic carbocycles. The molecule has 0 heterocycles. The van der Waals surface area contributed by atoms with Crippen LogP contribution in [-0.4, -0.2) is 25.8 Å². The first kappa shape index (κ1) is 14.8. The van der Waals surface area contributed by atoms with Crippen LogP contribution in [0.3, 0.4) is 0 Å². The van der Waals surface area contributed by atoms with Crippen molar-refractivity contribution < 1.29 is 4.74 Å². The molecule has 1 saturated carbocycles. The number of hydrogen-bond acceptors (Lipinski definition) is 3. The van der Waals surface area contributed by atoms with Crippen LogP contribution < -0.4 is 11.1 Å². The van der Waals surface area contributed by atoms with E-state index in [0.29, 0.717) is 19.1 Å². The number of nitrogens with two attached hydrogens (primary N) is 1. The van der Waals surface area contributed by atoms with Gasteiger partial charge in [-0.25, -0.2) is 0 Å². The first-order chi connectivity index (χ1) is 9.02. The Hall–Kier alpha value is -0.580. The summed E-state index contributed by atoms with van der Waals surface area (Å²) in [5, 5.41) is 3.64. The Morgan fingerprint density at radius 2 is 1.95 bits per heavy atom. The van der Waals surface area contributed by atoms with Crippen molar-refractivity contribution in [2.45, 2.75) is 32.2 Å². The SMILES string of the molecule is COCC(CN)(Nc1cc(C)c(Br)c(C)c1)C1CC1. The van der Waals surface area contributed by atoms with Crippen LogP contribution in [0.1, 0.15) is 24.0 Å². The number of nitrogens with one attached hydrogen (secondary N) is 1. The third-order valence-corrected chi connectivity index (χ3v) is 5.21. The van der Waals surface area contributed by atoms with Gasteiger partial charge in [0.05, 0.1) is 12.1 Å². The van der Waals surface area contributed by atoms with E-state index in [1.54, 1.807) is 7.11 Å². The van der Waals surface area contributed by atoms with Crippen molar-refractivity contribution in [2.24, 2.45) is 11.7 Å². The predicted octanol–water partition coefficient (Wildman–Crippen LogP) is 3.23. The standard InChI is InChI=1S/C15H23BrN2O/c1-10-6-13(7-11(2)14(10)16)18-15(8-17,9-19-3)12-4-5-12/h6-7,12,18H,4-5,8-9,17H2,1-3H3. The number of aryl methyl sites for hydroxylation is 2. The van der Waals surface area contributed by atoms with Gasteiger partial charge in [0.1, 0.15) is 0 Å². The zero-order valence-corrected chi connectivity index (χ0v) is 13.5. The summed E-state index contributed by atoms with van der Waals surface area (Å²) in [6.45, 7) is 5.47. The van der Waals surface area contributed by atoms with Gasteiger partial charge in [0.2, 0.25) is 0 Å². The molecule has 1 unspecified atom stereocenters. The average molecular weight is 327 g/mol. The van der Waals surface area contributed by atoms with Crippen molar-refractivity contribution in [1.82, 2.24) is 0 Å². The summed E-state index contributed by atoms with van der Waals surface area (Å²) in [4.78, 5) is 0. The molecule has 0 aliphatic heterocycles. The predicted molar refractivity (Wildman–Crippen MR) is 83.6 cm³/mol. The van der Waals surface area contributed by atoms with Crippen LogP contribution in [-0.2, 0) is 4.74 Å². The van der Waals surface area contributed by atoms with E-state index in [0.717, 1.165) is 5.69 Å². The molecule has 1 aromatic rings. The van der Waals surface area contributed by atoms with Crippen LogP contribution >= 0.6 is 15.9 Å². The fraction of sp³-hybridized carbons (Fsp3) is 0.600. The Balaban J connectivity index is 2.26. The first-order valence-corrected chi connectivity index (χ1v) is 7.55. The van der Waals surface area contributed by atoms with Crippen LogP contribution in [0, 0.1) is 19.8 Å². The second-order valence-electron chi connectivity index (χ2n) is 5.62. The minimum absolute atomic E-state index is 0.124. The minimum atomic E-state index is -0.124. The number of ether oxygens (including phenoxy) is 1. The van der Waals surface area contributed by atoms with Crippen LogP contribution in [0.25, 0.3) is 0 Å². The summed E-state index contributed by atoms with van der Waals surface area (Å²) in [7, 11) is 1.74. The molecule has 0 radical (unpaired) electrons. The fourth-order valence-electron chi connectivity index (χ4n) is 2.73. The molecule has 0 aromatic heterocycles. The highest BCUT2D eigenvalue weighted by atomic mass is 79.9. The van der Waals surface area contributed by atoms with Crippen molar-refractivity contribution in [1.29, 1.82) is 0 Å². The monoisotopic (exact) mass is 326 g/mol. The number of anilines is 1. The van der Waals surface area contributed by atoms with Crippen LogP contribution in [0.15, 0.2) is 16.6 Å². The molecular formula is C15H23BrN2O. The average Bonchev–Trinajstić information content (AvgIpc) is 3.19. The van der Waals surface area contributed by atoms with Gasteiger partial charge in [0.25, 0.3) is 0 Å². The normalized spacial score (nSPS) is 18.2. The van der Waals surface area contributed by atoms with Gasteiger partial charge in [-0.05, 0) is 55.9 Å². The minimum Gasteiger partial charge on any atom is -0.382 e. The lowest BCUT2D eigenvalue weighted by atomic mass is 9.93. The van der Waals surface area contributed by atoms with Gasteiger partial charge in [-0.3, -0.25) is 0 Å². The maximum atomic E-state index is 6.04. The second kappa shape index (κ2) is 5.81. The maximum absolute atomic E-state index is 6.04. The highest BCUT2D eigenvalue weighted by molar-refractivity contribution is 9.10. The molecule has 19 heavy (non-hydrogen) atoms. The number of hydrogen-bond donors (Lipinski definition) is 2. The summed E-state index contributed by atoms with van der Waals surface area (Å²) < 4.78 is 6.58. The van der Waals surface area contributed by atoms with E-state index in [1.165, 1.54) is 28.4 Å². The second-order valence-corrected chi connectivity index (χ2v) is 6.41. The molecule has 0 spiro atoms. The van der Waals surface area contributed by atoms with Crippen LogP contribution in [0.5, 0.6) is 0 Å². The van der Waals surface area contributed by atoms with E-state index in [9.17, 15) is 0 Å². The largest absolute Gasteiger partial charge is 0.382 e. The van der Waals surface area contributed by atoms with E-state index in [-0.39, 0.29) is 5.54 Å². The topological polar surface area (TPSA) is 47.3 Å². The maximum Gasteiger partial charge on any atom is 0.0756 e. The number of rotatable bonds is 6. The van der Waals surface area contributed by atoms with Crippen LogP contribution in [0.2, 0.25) is 0 Å². The van der Waals surface area contributed by atoms with Crippen molar-refractivity contribution in [3.05, 3.63) is 27.7 Å². The van der Waals surface area contributed by atoms with E-state index >= 15 is 0 Å². The molecule has 1 aromatic carbocycles. The Bertz CT molecular complexity index is 436. The Kier molecular flexibility index (Phi) is 4.54. The summed E-state index contributed by atoms with van der Waals surface area (Å²) in [5.74, 6) is 0.627. The zero-order valence-electron chi connectivity index (χ0n) is 11.9. The number of methoxy groups -OCH3 is 1. The molecule has 106 valence electrons. The molecule has 0 bridgehead atoms. The lowest BCUT2D eigenvalue weighted by Gasteiger charge is -2.34. The molecule has 1 fully saturated rings. The van der Waals surface area contributed by atoms with E-state index < -0.39 is 0 Å². The molecule has 3 N–H and O–H groups in total. The van der Waals surface area contributed by atoms with Crippen LogP contribution in [0.4, 0.5) is 5.69 Å². The lowest BCUT2D eigenvalue weighted by molar-refractivity contribution is 0.134. The van der Waals surface area contributed by atoms with E-state index in [2.05, 4.69) is 47.2 Å². The van der Waals surface area contributed by atoms with Gasteiger partial charge in [-0.1, -0.05) is 15.9 Å². The summed E-state index contributed by atoms with van der Waals surface area (Å²) in [6, 6.07) is 4.33. The zero-order chi connectivity index (χ0) is 14.0. The number of halogens is 1. The Morgan fingerprint density at radius 1 is 1.37 bits per heavy atom. The molecule has 1 aliphatic rings. The van der Waals surface area contributed by atoms with Crippen molar-refractivity contribution in [2.75, 3.05) is 25.6 Å². The Labute approximate surface area is 124 Å². The summed E-state index contributed by atoms with van der Waals surface area (Å²) >= 11 is 3.60. The molecule has 1 atom stereocenters. The fourth-order valence-corrected chi connectivity index (χ4v) is 2.96. The van der Waals surface area contributed by atoms with Gasteiger partial charge < -0.3 is 15.8 Å². The molecule has 3 nitrogen and oxygen atoms in total. The molecule has 2 rings (SSSR count). The van der Waals surface area contributed by atoms with Crippen molar-refractivity contribution in [3.8, 4) is 0 Å². The van der Waals surface area contributed by atoms with Crippen molar-refractivity contribution >= 4 is 21.6 Å². The number of benzene rings is 1.